The van der Waals surface area contributed by atoms with Crippen molar-refractivity contribution < 1.29 is 23.8 Å². The molecule has 3 aromatic carbocycles. The van der Waals surface area contributed by atoms with Crippen molar-refractivity contribution in [3.63, 3.8) is 0 Å². The van der Waals surface area contributed by atoms with Gasteiger partial charge >= 0.3 is 5.97 Å². The van der Waals surface area contributed by atoms with E-state index in [0.29, 0.717) is 40.1 Å². The molecule has 0 fully saturated rings. The van der Waals surface area contributed by atoms with Gasteiger partial charge in [0.25, 0.3) is 0 Å². The minimum atomic E-state index is -1.24. The largest absolute Gasteiger partial charge is 0.493 e. The van der Waals surface area contributed by atoms with E-state index >= 15 is 0 Å². The Hall–Kier alpha value is -3.38. The number of carbonyl (C=O) groups is 1. The Kier molecular flexibility index (Phi) is 6.84. The number of ether oxygens (including phenoxy) is 2. The van der Waals surface area contributed by atoms with Crippen molar-refractivity contribution in [1.29, 1.82) is 0 Å². The molecule has 0 saturated heterocycles. The van der Waals surface area contributed by atoms with Crippen LogP contribution >= 0.6 is 0 Å². The van der Waals surface area contributed by atoms with Crippen LogP contribution in [-0.4, -0.2) is 23.3 Å². The molecule has 5 nitrogen and oxygen atoms in total. The predicted octanol–water partition coefficient (Wildman–Crippen LogP) is 6.93. The quantitative estimate of drug-likeness (QED) is 0.378. The number of carboxylic acid groups (broad SMARTS) is 1. The zero-order valence-corrected chi connectivity index (χ0v) is 21.8. The number of aliphatic carboxylic acids is 1. The van der Waals surface area contributed by atoms with Crippen LogP contribution in [0, 0.1) is 26.6 Å². The van der Waals surface area contributed by atoms with E-state index in [9.17, 15) is 14.3 Å². The molecule has 3 aromatic rings. The van der Waals surface area contributed by atoms with Gasteiger partial charge in [-0.05, 0) is 112 Å². The van der Waals surface area contributed by atoms with E-state index in [2.05, 4.69) is 6.07 Å². The van der Waals surface area contributed by atoms with Crippen molar-refractivity contribution in [2.75, 3.05) is 12.3 Å². The van der Waals surface area contributed by atoms with E-state index in [-0.39, 0.29) is 5.82 Å². The number of rotatable bonds is 5. The van der Waals surface area contributed by atoms with Crippen molar-refractivity contribution in [3.05, 3.63) is 70.0 Å². The summed E-state index contributed by atoms with van der Waals surface area (Å²) in [6.07, 6.45) is 0.557. The standard InChI is InChI=1S/C30H34FNO4/c1-16-9-10-21(15-22(16)31)25-17(2)24(20-11-12-23-19(14-20)8-7-13-35-23)26(18(3)27(25)32)28(29(33)34)36-30(4,5)6/h9-12,14-15,28H,7-8,13,32H2,1-6H3,(H,33,34). The van der Waals surface area contributed by atoms with Crippen molar-refractivity contribution in [2.24, 2.45) is 0 Å². The fourth-order valence-corrected chi connectivity index (χ4v) is 4.97. The van der Waals surface area contributed by atoms with Crippen LogP contribution < -0.4 is 10.5 Å². The monoisotopic (exact) mass is 491 g/mol. The number of anilines is 1. The minimum absolute atomic E-state index is 0.319. The Balaban J connectivity index is 2.07. The highest BCUT2D eigenvalue weighted by molar-refractivity contribution is 5.93. The molecule has 0 spiro atoms. The first-order chi connectivity index (χ1) is 16.9. The zero-order valence-electron chi connectivity index (χ0n) is 21.8. The number of nitrogen functional groups attached to an aromatic ring is 1. The van der Waals surface area contributed by atoms with Crippen LogP contribution in [0.4, 0.5) is 10.1 Å². The molecule has 6 heteroatoms. The lowest BCUT2D eigenvalue weighted by Gasteiger charge is -2.30. The molecule has 3 N–H and O–H groups in total. The van der Waals surface area contributed by atoms with Crippen molar-refractivity contribution in [2.45, 2.75) is 66.1 Å². The second-order valence-corrected chi connectivity index (χ2v) is 10.5. The molecule has 190 valence electrons. The number of fused-ring (bicyclic) bond motifs is 1. The lowest BCUT2D eigenvalue weighted by Crippen LogP contribution is -2.28. The summed E-state index contributed by atoms with van der Waals surface area (Å²) in [6, 6.07) is 11.0. The summed E-state index contributed by atoms with van der Waals surface area (Å²) < 4.78 is 26.5. The van der Waals surface area contributed by atoms with Crippen molar-refractivity contribution >= 4 is 11.7 Å². The zero-order chi connectivity index (χ0) is 26.4. The Morgan fingerprint density at radius 1 is 1.06 bits per heavy atom. The van der Waals surface area contributed by atoms with E-state index in [1.165, 1.54) is 6.07 Å². The van der Waals surface area contributed by atoms with Gasteiger partial charge in [-0.15, -0.1) is 0 Å². The number of hydrogen-bond acceptors (Lipinski definition) is 4. The van der Waals surface area contributed by atoms with Gasteiger partial charge in [0.15, 0.2) is 6.10 Å². The van der Waals surface area contributed by atoms with Crippen LogP contribution in [0.25, 0.3) is 22.3 Å². The topological polar surface area (TPSA) is 81.8 Å². The van der Waals surface area contributed by atoms with Crippen LogP contribution in [0.15, 0.2) is 36.4 Å². The maximum absolute atomic E-state index is 14.6. The molecule has 1 aliphatic rings. The van der Waals surface area contributed by atoms with Crippen LogP contribution in [-0.2, 0) is 16.0 Å². The molecule has 0 amide bonds. The summed E-state index contributed by atoms with van der Waals surface area (Å²) in [6.45, 7) is 11.6. The summed E-state index contributed by atoms with van der Waals surface area (Å²) in [7, 11) is 0. The summed E-state index contributed by atoms with van der Waals surface area (Å²) in [5, 5.41) is 10.3. The second-order valence-electron chi connectivity index (χ2n) is 10.5. The fraction of sp³-hybridized carbons (Fsp3) is 0.367. The molecule has 0 saturated carbocycles. The van der Waals surface area contributed by atoms with E-state index in [4.69, 9.17) is 15.2 Å². The summed E-state index contributed by atoms with van der Waals surface area (Å²) >= 11 is 0. The number of aryl methyl sites for hydroxylation is 2. The van der Waals surface area contributed by atoms with Crippen molar-refractivity contribution in [3.8, 4) is 28.0 Å². The highest BCUT2D eigenvalue weighted by Gasteiger charge is 2.33. The lowest BCUT2D eigenvalue weighted by molar-refractivity contribution is -0.160. The Bertz CT molecular complexity index is 1340. The maximum atomic E-state index is 14.6. The average Bonchev–Trinajstić information content (AvgIpc) is 2.81. The van der Waals surface area contributed by atoms with E-state index in [1.54, 1.807) is 13.0 Å². The van der Waals surface area contributed by atoms with Gasteiger partial charge in [0.05, 0.1) is 12.2 Å². The van der Waals surface area contributed by atoms with Gasteiger partial charge in [-0.3, -0.25) is 0 Å². The number of benzene rings is 3. The minimum Gasteiger partial charge on any atom is -0.493 e. The third kappa shape index (κ3) is 4.82. The third-order valence-corrected chi connectivity index (χ3v) is 6.71. The lowest BCUT2D eigenvalue weighted by atomic mass is 9.82. The molecule has 0 radical (unpaired) electrons. The summed E-state index contributed by atoms with van der Waals surface area (Å²) in [5.41, 5.74) is 12.8. The average molecular weight is 492 g/mol. The molecule has 0 aliphatic carbocycles. The number of hydrogen-bond donors (Lipinski definition) is 2. The van der Waals surface area contributed by atoms with Crippen LogP contribution in [0.3, 0.4) is 0 Å². The Morgan fingerprint density at radius 2 is 1.72 bits per heavy atom. The Morgan fingerprint density at radius 3 is 2.36 bits per heavy atom. The first-order valence-electron chi connectivity index (χ1n) is 12.2. The number of carboxylic acids is 1. The normalized spacial score (nSPS) is 14.2. The van der Waals surface area contributed by atoms with E-state index in [0.717, 1.165) is 40.8 Å². The van der Waals surface area contributed by atoms with Gasteiger partial charge in [-0.25, -0.2) is 9.18 Å². The molecule has 36 heavy (non-hydrogen) atoms. The number of nitrogens with two attached hydrogens (primary N) is 1. The molecule has 1 atom stereocenters. The van der Waals surface area contributed by atoms with Crippen LogP contribution in [0.1, 0.15) is 61.1 Å². The highest BCUT2D eigenvalue weighted by Crippen LogP contribution is 2.46. The van der Waals surface area contributed by atoms with Gasteiger partial charge in [-0.1, -0.05) is 18.2 Å². The molecule has 1 unspecified atom stereocenters. The molecule has 1 heterocycles. The van der Waals surface area contributed by atoms with Gasteiger partial charge in [0.2, 0.25) is 0 Å². The first kappa shape index (κ1) is 25.7. The molecule has 1 aliphatic heterocycles. The third-order valence-electron chi connectivity index (χ3n) is 6.71. The van der Waals surface area contributed by atoms with Gasteiger partial charge < -0.3 is 20.3 Å². The van der Waals surface area contributed by atoms with Crippen LogP contribution in [0.2, 0.25) is 0 Å². The molecule has 0 bridgehead atoms. The van der Waals surface area contributed by atoms with Gasteiger partial charge in [0, 0.05) is 16.8 Å². The highest BCUT2D eigenvalue weighted by atomic mass is 19.1. The second kappa shape index (κ2) is 9.58. The number of halogens is 1. The SMILES string of the molecule is Cc1ccc(-c2c(C)c(-c3ccc4c(c3)CCCO4)c(C(OC(C)(C)C)C(=O)O)c(C)c2N)cc1F. The first-order valence-corrected chi connectivity index (χ1v) is 12.2. The van der Waals surface area contributed by atoms with Gasteiger partial charge in [0.1, 0.15) is 11.6 Å². The smallest absolute Gasteiger partial charge is 0.337 e. The maximum Gasteiger partial charge on any atom is 0.337 e. The Labute approximate surface area is 212 Å². The van der Waals surface area contributed by atoms with Crippen molar-refractivity contribution in [1.82, 2.24) is 0 Å². The molecule has 0 aromatic heterocycles. The van der Waals surface area contributed by atoms with E-state index < -0.39 is 17.7 Å². The van der Waals surface area contributed by atoms with Crippen LogP contribution in [0.5, 0.6) is 5.75 Å². The summed E-state index contributed by atoms with van der Waals surface area (Å²) in [5.74, 6) is -0.568. The summed E-state index contributed by atoms with van der Waals surface area (Å²) in [4.78, 5) is 12.6. The van der Waals surface area contributed by atoms with Gasteiger partial charge in [-0.2, -0.15) is 0 Å². The van der Waals surface area contributed by atoms with E-state index in [1.807, 2.05) is 52.8 Å². The predicted molar refractivity (Wildman–Crippen MR) is 141 cm³/mol. The fourth-order valence-electron chi connectivity index (χ4n) is 4.97. The molecular weight excluding hydrogens is 457 g/mol. The molecular formula is C30H34FNO4. The molecule has 4 rings (SSSR count).